The van der Waals surface area contributed by atoms with Gasteiger partial charge in [-0.15, -0.1) is 0 Å². The number of rotatable bonds is 10. The van der Waals surface area contributed by atoms with Crippen LogP contribution in [0, 0.1) is 5.82 Å². The van der Waals surface area contributed by atoms with Gasteiger partial charge in [0.05, 0.1) is 12.1 Å². The van der Waals surface area contributed by atoms with Crippen LogP contribution in [0.1, 0.15) is 30.0 Å². The lowest BCUT2D eigenvalue weighted by atomic mass is 10.0. The van der Waals surface area contributed by atoms with Gasteiger partial charge < -0.3 is 15.3 Å². The Morgan fingerprint density at radius 3 is 2.13 bits per heavy atom. The zero-order valence-corrected chi connectivity index (χ0v) is 17.3. The van der Waals surface area contributed by atoms with Crippen LogP contribution in [0.5, 0.6) is 0 Å². The van der Waals surface area contributed by atoms with Gasteiger partial charge in [0.25, 0.3) is 0 Å². The van der Waals surface area contributed by atoms with Crippen LogP contribution in [-0.2, 0) is 22.8 Å². The minimum absolute atomic E-state index is 0.107. The van der Waals surface area contributed by atoms with E-state index in [1.54, 1.807) is 12.1 Å². The van der Waals surface area contributed by atoms with Crippen molar-refractivity contribution in [3.05, 3.63) is 95.3 Å². The molecule has 0 atom stereocenters. The fourth-order valence-electron chi connectivity index (χ4n) is 2.98. The van der Waals surface area contributed by atoms with Gasteiger partial charge in [0.1, 0.15) is 12.4 Å². The average molecular weight is 420 g/mol. The van der Waals surface area contributed by atoms with Crippen LogP contribution in [0.25, 0.3) is 11.1 Å². The van der Waals surface area contributed by atoms with Gasteiger partial charge in [-0.2, -0.15) is 0 Å². The molecule has 0 saturated heterocycles. The molecule has 0 aliphatic carbocycles. The number of carboxylic acid groups (broad SMARTS) is 1. The predicted octanol–water partition coefficient (Wildman–Crippen LogP) is 5.00. The van der Waals surface area contributed by atoms with Gasteiger partial charge in [0.15, 0.2) is 0 Å². The summed E-state index contributed by atoms with van der Waals surface area (Å²) in [5, 5.41) is 15.9. The Bertz CT molecular complexity index is 1010. The van der Waals surface area contributed by atoms with Gasteiger partial charge in [-0.1, -0.05) is 65.8 Å². The van der Waals surface area contributed by atoms with Crippen molar-refractivity contribution < 1.29 is 19.1 Å². The first-order valence-electron chi connectivity index (χ1n) is 10.0. The summed E-state index contributed by atoms with van der Waals surface area (Å²) < 4.78 is 13.1. The second kappa shape index (κ2) is 11.0. The van der Waals surface area contributed by atoms with E-state index in [9.17, 15) is 9.18 Å². The standard InChI is InChI=1S/C25H25FN2O3/c1-18(21-6-2-19(3-7-21)16-27-15-14-25(29)30)28-31-17-20-4-8-22(9-5-20)23-10-12-24(26)13-11-23/h2-13,27H,14-17H2,1H3,(H,29,30)/b28-18+. The molecule has 5 nitrogen and oxygen atoms in total. The Hall–Kier alpha value is -3.51. The average Bonchev–Trinajstić information content (AvgIpc) is 2.78. The second-order valence-electron chi connectivity index (χ2n) is 7.17. The molecule has 0 spiro atoms. The number of halogens is 1. The summed E-state index contributed by atoms with van der Waals surface area (Å²) in [5.74, 6) is -1.05. The number of carboxylic acids is 1. The number of benzene rings is 3. The zero-order chi connectivity index (χ0) is 22.1. The summed E-state index contributed by atoms with van der Waals surface area (Å²) >= 11 is 0. The summed E-state index contributed by atoms with van der Waals surface area (Å²) in [5.41, 5.74) is 5.77. The maximum absolute atomic E-state index is 13.1. The van der Waals surface area contributed by atoms with Crippen LogP contribution in [0.2, 0.25) is 0 Å². The van der Waals surface area contributed by atoms with Gasteiger partial charge in [-0.05, 0) is 46.9 Å². The molecule has 6 heteroatoms. The van der Waals surface area contributed by atoms with Crippen LogP contribution in [0.4, 0.5) is 4.39 Å². The number of oxime groups is 1. The van der Waals surface area contributed by atoms with Crippen molar-refractivity contribution in [1.29, 1.82) is 0 Å². The highest BCUT2D eigenvalue weighted by molar-refractivity contribution is 5.98. The molecule has 0 radical (unpaired) electrons. The molecule has 0 bridgehead atoms. The van der Waals surface area contributed by atoms with Crippen molar-refractivity contribution >= 4 is 11.7 Å². The third kappa shape index (κ3) is 7.04. The fourth-order valence-corrected chi connectivity index (χ4v) is 2.98. The highest BCUT2D eigenvalue weighted by atomic mass is 19.1. The topological polar surface area (TPSA) is 70.9 Å². The van der Waals surface area contributed by atoms with E-state index in [1.807, 2.05) is 55.5 Å². The van der Waals surface area contributed by atoms with Crippen LogP contribution < -0.4 is 5.32 Å². The van der Waals surface area contributed by atoms with E-state index in [0.717, 1.165) is 33.5 Å². The largest absolute Gasteiger partial charge is 0.481 e. The van der Waals surface area contributed by atoms with Crippen LogP contribution >= 0.6 is 0 Å². The zero-order valence-electron chi connectivity index (χ0n) is 17.3. The van der Waals surface area contributed by atoms with E-state index in [2.05, 4.69) is 10.5 Å². The van der Waals surface area contributed by atoms with Crippen molar-refractivity contribution in [3.63, 3.8) is 0 Å². The lowest BCUT2D eigenvalue weighted by Gasteiger charge is -2.07. The number of nitrogens with zero attached hydrogens (tertiary/aromatic N) is 1. The number of hydrogen-bond acceptors (Lipinski definition) is 4. The first-order chi connectivity index (χ1) is 15.0. The van der Waals surface area contributed by atoms with E-state index in [0.29, 0.717) is 19.7 Å². The van der Waals surface area contributed by atoms with E-state index >= 15 is 0 Å². The number of nitrogens with one attached hydrogen (secondary N) is 1. The fraction of sp³-hybridized carbons (Fsp3) is 0.200. The molecule has 0 saturated carbocycles. The van der Waals surface area contributed by atoms with E-state index < -0.39 is 5.97 Å². The van der Waals surface area contributed by atoms with E-state index in [-0.39, 0.29) is 12.2 Å². The molecular formula is C25H25FN2O3. The first-order valence-corrected chi connectivity index (χ1v) is 10.0. The Kier molecular flexibility index (Phi) is 7.90. The van der Waals surface area contributed by atoms with Crippen LogP contribution in [0.3, 0.4) is 0 Å². The molecule has 160 valence electrons. The maximum Gasteiger partial charge on any atom is 0.304 e. The second-order valence-corrected chi connectivity index (χ2v) is 7.17. The van der Waals surface area contributed by atoms with Crippen molar-refractivity contribution in [3.8, 4) is 11.1 Å². The highest BCUT2D eigenvalue weighted by Gasteiger charge is 2.02. The quantitative estimate of drug-likeness (QED) is 0.275. The predicted molar refractivity (Wildman–Crippen MR) is 119 cm³/mol. The smallest absolute Gasteiger partial charge is 0.304 e. The normalized spacial score (nSPS) is 11.4. The van der Waals surface area contributed by atoms with Crippen molar-refractivity contribution in [1.82, 2.24) is 5.32 Å². The Morgan fingerprint density at radius 2 is 1.52 bits per heavy atom. The van der Waals surface area contributed by atoms with Crippen molar-refractivity contribution in [2.75, 3.05) is 6.54 Å². The summed E-state index contributed by atoms with van der Waals surface area (Å²) in [4.78, 5) is 16.0. The Labute approximate surface area is 181 Å². The lowest BCUT2D eigenvalue weighted by Crippen LogP contribution is -2.17. The maximum atomic E-state index is 13.1. The summed E-state index contributed by atoms with van der Waals surface area (Å²) in [6, 6.07) is 22.2. The molecule has 0 amide bonds. The lowest BCUT2D eigenvalue weighted by molar-refractivity contribution is -0.136. The van der Waals surface area contributed by atoms with Gasteiger partial charge in [0.2, 0.25) is 0 Å². The van der Waals surface area contributed by atoms with E-state index in [1.165, 1.54) is 12.1 Å². The summed E-state index contributed by atoms with van der Waals surface area (Å²) in [7, 11) is 0. The van der Waals surface area contributed by atoms with E-state index in [4.69, 9.17) is 9.94 Å². The number of hydrogen-bond donors (Lipinski definition) is 2. The van der Waals surface area contributed by atoms with Gasteiger partial charge in [-0.25, -0.2) is 4.39 Å². The minimum atomic E-state index is -0.807. The molecule has 0 unspecified atom stereocenters. The minimum Gasteiger partial charge on any atom is -0.481 e. The molecule has 3 aromatic rings. The molecule has 0 heterocycles. The molecule has 0 aliphatic heterocycles. The molecule has 3 rings (SSSR count). The van der Waals surface area contributed by atoms with Crippen molar-refractivity contribution in [2.24, 2.45) is 5.16 Å². The van der Waals surface area contributed by atoms with Crippen LogP contribution in [-0.4, -0.2) is 23.3 Å². The molecule has 2 N–H and O–H groups in total. The first kappa shape index (κ1) is 22.2. The molecular weight excluding hydrogens is 395 g/mol. The molecule has 3 aromatic carbocycles. The molecule has 0 aliphatic rings. The molecule has 31 heavy (non-hydrogen) atoms. The van der Waals surface area contributed by atoms with Crippen LogP contribution in [0.15, 0.2) is 78.0 Å². The molecule has 0 aromatic heterocycles. The van der Waals surface area contributed by atoms with Gasteiger partial charge in [-0.3, -0.25) is 4.79 Å². The third-order valence-corrected chi connectivity index (χ3v) is 4.78. The summed E-state index contributed by atoms with van der Waals surface area (Å²) in [6.45, 7) is 3.30. The monoisotopic (exact) mass is 420 g/mol. The Morgan fingerprint density at radius 1 is 0.935 bits per heavy atom. The number of carbonyl (C=O) groups is 1. The SMILES string of the molecule is C/C(=N\OCc1ccc(-c2ccc(F)cc2)cc1)c1ccc(CNCCC(=O)O)cc1. The van der Waals surface area contributed by atoms with Crippen molar-refractivity contribution in [2.45, 2.75) is 26.5 Å². The summed E-state index contributed by atoms with van der Waals surface area (Å²) in [6.07, 6.45) is 0.107. The Balaban J connectivity index is 1.49. The van der Waals surface area contributed by atoms with Gasteiger partial charge >= 0.3 is 5.97 Å². The number of aliphatic carboxylic acids is 1. The van der Waals surface area contributed by atoms with Gasteiger partial charge in [0, 0.05) is 13.1 Å². The highest BCUT2D eigenvalue weighted by Crippen LogP contribution is 2.20. The molecule has 0 fully saturated rings. The third-order valence-electron chi connectivity index (χ3n) is 4.78.